The lowest BCUT2D eigenvalue weighted by atomic mass is 9.89. The number of rotatable bonds is 3. The van der Waals surface area contributed by atoms with E-state index in [4.69, 9.17) is 21.1 Å². The Balaban J connectivity index is 1.88. The van der Waals surface area contributed by atoms with Crippen LogP contribution in [0, 0.1) is 0 Å². The average Bonchev–Trinajstić information content (AvgIpc) is 3.16. The van der Waals surface area contributed by atoms with Crippen molar-refractivity contribution in [3.05, 3.63) is 48.0 Å². The Kier molecular flexibility index (Phi) is 3.39. The van der Waals surface area contributed by atoms with Crippen molar-refractivity contribution in [2.75, 3.05) is 0 Å². The maximum absolute atomic E-state index is 6.34. The van der Waals surface area contributed by atoms with E-state index in [9.17, 15) is 0 Å². The minimum absolute atomic E-state index is 0.0387. The highest BCUT2D eigenvalue weighted by molar-refractivity contribution is 6.33. The quantitative estimate of drug-likeness (QED) is 0.787. The summed E-state index contributed by atoms with van der Waals surface area (Å²) < 4.78 is 14.7. The molecule has 1 aliphatic carbocycles. The molecule has 24 heavy (non-hydrogen) atoms. The van der Waals surface area contributed by atoms with Crippen LogP contribution in [0.15, 0.2) is 42.9 Å². The van der Waals surface area contributed by atoms with Crippen LogP contribution >= 0.6 is 11.6 Å². The van der Waals surface area contributed by atoms with Gasteiger partial charge in [-0.2, -0.15) is 0 Å². The third-order valence-electron chi connectivity index (χ3n) is 4.97. The maximum atomic E-state index is 6.34. The first-order chi connectivity index (χ1) is 11.4. The zero-order valence-electron chi connectivity index (χ0n) is 14.0. The zero-order valence-corrected chi connectivity index (χ0v) is 14.7. The number of halogens is 1. The van der Waals surface area contributed by atoms with E-state index >= 15 is 0 Å². The van der Waals surface area contributed by atoms with Crippen molar-refractivity contribution in [3.8, 4) is 0 Å². The average molecular weight is 346 g/mol. The van der Waals surface area contributed by atoms with Gasteiger partial charge in [-0.25, -0.2) is 9.97 Å². The highest BCUT2D eigenvalue weighted by Gasteiger charge is 2.59. The molecule has 6 heteroatoms. The molecule has 5 nitrogen and oxygen atoms in total. The topological polar surface area (TPSA) is 49.2 Å². The lowest BCUT2D eigenvalue weighted by Gasteiger charge is -2.30. The molecule has 0 saturated carbocycles. The Morgan fingerprint density at radius 2 is 2.21 bits per heavy atom. The lowest BCUT2D eigenvalue weighted by molar-refractivity contribution is -0.160. The number of hydrogen-bond acceptors (Lipinski definition) is 4. The highest BCUT2D eigenvalue weighted by atomic mass is 35.5. The summed E-state index contributed by atoms with van der Waals surface area (Å²) in [5.74, 6) is -0.642. The van der Waals surface area contributed by atoms with E-state index in [0.29, 0.717) is 5.15 Å². The first kappa shape index (κ1) is 15.8. The molecule has 2 aromatic heterocycles. The molecule has 1 fully saturated rings. The van der Waals surface area contributed by atoms with Gasteiger partial charge in [0.25, 0.3) is 0 Å². The van der Waals surface area contributed by atoms with Gasteiger partial charge < -0.3 is 14.0 Å². The highest BCUT2D eigenvalue weighted by Crippen LogP contribution is 2.53. The molecular formula is C18H20ClN3O2. The fourth-order valence-electron chi connectivity index (χ4n) is 4.03. The third kappa shape index (κ3) is 2.01. The first-order valence-electron chi connectivity index (χ1n) is 8.11. The summed E-state index contributed by atoms with van der Waals surface area (Å²) in [6, 6.07) is 1.90. The van der Waals surface area contributed by atoms with Gasteiger partial charge in [0, 0.05) is 6.20 Å². The van der Waals surface area contributed by atoms with Gasteiger partial charge in [0.15, 0.2) is 5.79 Å². The Bertz CT molecular complexity index is 857. The van der Waals surface area contributed by atoms with E-state index in [1.54, 1.807) is 0 Å². The summed E-state index contributed by atoms with van der Waals surface area (Å²) in [7, 11) is 0. The molecule has 2 aliphatic rings. The molecular weight excluding hydrogens is 326 g/mol. The molecule has 3 atom stereocenters. The smallest absolute Gasteiger partial charge is 0.164 e. The summed E-state index contributed by atoms with van der Waals surface area (Å²) in [4.78, 5) is 8.46. The molecule has 0 bridgehead atoms. The van der Waals surface area contributed by atoms with Crippen LogP contribution < -0.4 is 0 Å². The molecule has 2 aromatic rings. The molecule has 0 amide bonds. The van der Waals surface area contributed by atoms with E-state index in [-0.39, 0.29) is 12.1 Å². The van der Waals surface area contributed by atoms with E-state index in [0.717, 1.165) is 23.0 Å². The van der Waals surface area contributed by atoms with Gasteiger partial charge in [0.2, 0.25) is 0 Å². The summed E-state index contributed by atoms with van der Waals surface area (Å²) in [6.07, 6.45) is 8.16. The van der Waals surface area contributed by atoms with Crippen LogP contribution in [0.4, 0.5) is 0 Å². The first-order valence-corrected chi connectivity index (χ1v) is 8.49. The third-order valence-corrected chi connectivity index (χ3v) is 5.28. The van der Waals surface area contributed by atoms with Crippen LogP contribution in [0.1, 0.15) is 33.2 Å². The van der Waals surface area contributed by atoms with Gasteiger partial charge in [-0.3, -0.25) is 0 Å². The maximum Gasteiger partial charge on any atom is 0.164 e. The van der Waals surface area contributed by atoms with Gasteiger partial charge in [0.05, 0.1) is 11.4 Å². The van der Waals surface area contributed by atoms with Gasteiger partial charge in [-0.15, -0.1) is 0 Å². The lowest BCUT2D eigenvalue weighted by Crippen LogP contribution is -2.40. The second-order valence-electron chi connectivity index (χ2n) is 6.72. The van der Waals surface area contributed by atoms with E-state index in [1.807, 2.05) is 32.2 Å². The van der Waals surface area contributed by atoms with Crippen molar-refractivity contribution in [3.63, 3.8) is 0 Å². The van der Waals surface area contributed by atoms with E-state index < -0.39 is 11.4 Å². The molecule has 4 rings (SSSR count). The molecule has 0 unspecified atom stereocenters. The number of hydrogen-bond donors (Lipinski definition) is 0. The molecule has 0 spiro atoms. The van der Waals surface area contributed by atoms with Crippen LogP contribution in [-0.4, -0.2) is 32.0 Å². The fourth-order valence-corrected chi connectivity index (χ4v) is 4.22. The fraction of sp³-hybridized carbons (Fsp3) is 0.444. The van der Waals surface area contributed by atoms with Gasteiger partial charge >= 0.3 is 0 Å². The number of aromatic nitrogens is 3. The Labute approximate surface area is 145 Å². The predicted octanol–water partition coefficient (Wildman–Crippen LogP) is 4.05. The van der Waals surface area contributed by atoms with Crippen LogP contribution in [0.2, 0.25) is 5.15 Å². The summed E-state index contributed by atoms with van der Waals surface area (Å²) in [5, 5.41) is 1.29. The molecule has 0 radical (unpaired) electrons. The molecule has 1 saturated heterocycles. The number of ether oxygens (including phenoxy) is 2. The van der Waals surface area contributed by atoms with E-state index in [1.165, 1.54) is 6.33 Å². The second-order valence-corrected chi connectivity index (χ2v) is 7.08. The van der Waals surface area contributed by atoms with E-state index in [2.05, 4.69) is 34.1 Å². The Morgan fingerprint density at radius 3 is 2.92 bits per heavy atom. The summed E-state index contributed by atoms with van der Waals surface area (Å²) >= 11 is 6.19. The summed E-state index contributed by atoms with van der Waals surface area (Å²) in [5.41, 5.74) is 1.37. The van der Waals surface area contributed by atoms with Gasteiger partial charge in [-0.05, 0) is 31.9 Å². The SMILES string of the molecule is C=CC1=C[C@@H](n2ccc3c(Cl)ncnc32)[C@@H]2OC(C)(C)O[C@]12CC. The molecule has 0 aromatic carbocycles. The number of fused-ring (bicyclic) bond motifs is 2. The second kappa shape index (κ2) is 5.15. The van der Waals surface area contributed by atoms with Crippen molar-refractivity contribution < 1.29 is 9.47 Å². The zero-order chi connectivity index (χ0) is 17.1. The van der Waals surface area contributed by atoms with Crippen molar-refractivity contribution in [2.45, 2.75) is 50.7 Å². The minimum atomic E-state index is -0.642. The monoisotopic (exact) mass is 345 g/mol. The molecule has 1 aliphatic heterocycles. The van der Waals surface area contributed by atoms with Crippen LogP contribution in [0.3, 0.4) is 0 Å². The minimum Gasteiger partial charge on any atom is -0.341 e. The van der Waals surface area contributed by atoms with Gasteiger partial charge in [0.1, 0.15) is 28.8 Å². The Hall–Kier alpha value is -1.69. The van der Waals surface area contributed by atoms with Crippen molar-refractivity contribution >= 4 is 22.6 Å². The van der Waals surface area contributed by atoms with Gasteiger partial charge in [-0.1, -0.05) is 37.3 Å². The largest absolute Gasteiger partial charge is 0.341 e. The predicted molar refractivity (Wildman–Crippen MR) is 92.9 cm³/mol. The van der Waals surface area contributed by atoms with Crippen LogP contribution in [-0.2, 0) is 9.47 Å². The molecule has 126 valence electrons. The van der Waals surface area contributed by atoms with Crippen LogP contribution in [0.25, 0.3) is 11.0 Å². The normalized spacial score (nSPS) is 31.2. The van der Waals surface area contributed by atoms with Crippen molar-refractivity contribution in [1.82, 2.24) is 14.5 Å². The Morgan fingerprint density at radius 1 is 1.42 bits per heavy atom. The molecule has 3 heterocycles. The molecule has 0 N–H and O–H groups in total. The summed E-state index contributed by atoms with van der Waals surface area (Å²) in [6.45, 7) is 9.99. The van der Waals surface area contributed by atoms with Crippen molar-refractivity contribution in [2.24, 2.45) is 0 Å². The van der Waals surface area contributed by atoms with Crippen molar-refractivity contribution in [1.29, 1.82) is 0 Å². The number of nitrogens with zero attached hydrogens (tertiary/aromatic N) is 3. The van der Waals surface area contributed by atoms with Crippen LogP contribution in [0.5, 0.6) is 0 Å². The standard InChI is InChI=1S/C18H20ClN3O2/c1-5-11-9-13(14-18(11,6-2)24-17(3,4)23-14)22-8-7-12-15(19)20-10-21-16(12)22/h5,7-10,13-14H,1,6H2,2-4H3/t13-,14+,18-/m1/s1.